The molecule has 0 unspecified atom stereocenters. The number of nitrogens with zero attached hydrogens (tertiary/aromatic N) is 4. The summed E-state index contributed by atoms with van der Waals surface area (Å²) in [5.74, 6) is 1.49. The molecule has 1 aliphatic rings. The second-order valence-corrected chi connectivity index (χ2v) is 7.11. The molecule has 9 heteroatoms. The van der Waals surface area contributed by atoms with Gasteiger partial charge >= 0.3 is 0 Å². The van der Waals surface area contributed by atoms with Gasteiger partial charge in [0.05, 0.1) is 28.5 Å². The SMILES string of the molecule is C[C@H](Nc1nc(Nc2cc(C3CC3)[nH]n2)c(Cl)cc1C#N)c1ccc(F)cn1. The van der Waals surface area contributed by atoms with E-state index in [4.69, 9.17) is 11.6 Å². The first-order valence-electron chi connectivity index (χ1n) is 8.84. The highest BCUT2D eigenvalue weighted by Gasteiger charge is 2.25. The monoisotopic (exact) mass is 397 g/mol. The van der Waals surface area contributed by atoms with Gasteiger partial charge in [0.25, 0.3) is 0 Å². The molecule has 1 aliphatic carbocycles. The summed E-state index contributed by atoms with van der Waals surface area (Å²) in [6, 6.07) is 8.18. The average Bonchev–Trinajstić information content (AvgIpc) is 3.44. The van der Waals surface area contributed by atoms with E-state index in [-0.39, 0.29) is 6.04 Å². The number of hydrogen-bond acceptors (Lipinski definition) is 6. The van der Waals surface area contributed by atoms with Crippen LogP contribution in [-0.2, 0) is 0 Å². The Hall–Kier alpha value is -3.18. The number of H-pyrrole nitrogens is 1. The molecule has 3 heterocycles. The number of nitrogens with one attached hydrogen (secondary N) is 3. The molecule has 3 aromatic heterocycles. The number of nitriles is 1. The first kappa shape index (κ1) is 18.2. The van der Waals surface area contributed by atoms with Crippen LogP contribution >= 0.6 is 11.6 Å². The van der Waals surface area contributed by atoms with E-state index in [9.17, 15) is 9.65 Å². The van der Waals surface area contributed by atoms with Crippen molar-refractivity contribution in [1.29, 1.82) is 5.26 Å². The molecule has 1 fully saturated rings. The quantitative estimate of drug-likeness (QED) is 0.559. The Kier molecular flexibility index (Phi) is 4.84. The predicted octanol–water partition coefficient (Wildman–Crippen LogP) is 4.66. The van der Waals surface area contributed by atoms with Gasteiger partial charge in [-0.2, -0.15) is 10.4 Å². The lowest BCUT2D eigenvalue weighted by Gasteiger charge is -2.16. The molecule has 0 bridgehead atoms. The van der Waals surface area contributed by atoms with Crippen molar-refractivity contribution in [1.82, 2.24) is 20.2 Å². The minimum absolute atomic E-state index is 0.291. The molecule has 0 aromatic carbocycles. The van der Waals surface area contributed by atoms with Gasteiger partial charge in [-0.1, -0.05) is 11.6 Å². The van der Waals surface area contributed by atoms with Crippen LogP contribution < -0.4 is 10.6 Å². The fourth-order valence-electron chi connectivity index (χ4n) is 2.82. The number of halogens is 2. The zero-order valence-corrected chi connectivity index (χ0v) is 15.8. The fraction of sp³-hybridized carbons (Fsp3) is 0.263. The molecule has 0 amide bonds. The number of hydrogen-bond donors (Lipinski definition) is 3. The minimum atomic E-state index is -0.408. The summed E-state index contributed by atoms with van der Waals surface area (Å²) in [4.78, 5) is 8.52. The van der Waals surface area contributed by atoms with Crippen LogP contribution in [0.4, 0.5) is 21.8 Å². The summed E-state index contributed by atoms with van der Waals surface area (Å²) < 4.78 is 13.1. The van der Waals surface area contributed by atoms with Crippen molar-refractivity contribution in [2.45, 2.75) is 31.7 Å². The largest absolute Gasteiger partial charge is 0.361 e. The van der Waals surface area contributed by atoms with Crippen LogP contribution in [0, 0.1) is 17.1 Å². The van der Waals surface area contributed by atoms with Crippen molar-refractivity contribution in [3.8, 4) is 6.07 Å². The highest BCUT2D eigenvalue weighted by atomic mass is 35.5. The van der Waals surface area contributed by atoms with Crippen LogP contribution in [0.25, 0.3) is 0 Å². The summed E-state index contributed by atoms with van der Waals surface area (Å²) in [6.07, 6.45) is 3.48. The third-order valence-electron chi connectivity index (χ3n) is 4.50. The van der Waals surface area contributed by atoms with Crippen molar-refractivity contribution in [2.75, 3.05) is 10.6 Å². The number of rotatable bonds is 6. The van der Waals surface area contributed by atoms with Crippen molar-refractivity contribution < 1.29 is 4.39 Å². The van der Waals surface area contributed by atoms with Crippen molar-refractivity contribution >= 4 is 29.1 Å². The Morgan fingerprint density at radius 2 is 2.14 bits per heavy atom. The molecule has 142 valence electrons. The van der Waals surface area contributed by atoms with E-state index in [2.05, 4.69) is 36.9 Å². The third kappa shape index (κ3) is 3.89. The molecule has 1 saturated carbocycles. The van der Waals surface area contributed by atoms with E-state index >= 15 is 0 Å². The van der Waals surface area contributed by atoms with Crippen LogP contribution in [0.15, 0.2) is 30.5 Å². The van der Waals surface area contributed by atoms with Gasteiger partial charge in [-0.25, -0.2) is 9.37 Å². The van der Waals surface area contributed by atoms with Gasteiger partial charge in [0.15, 0.2) is 11.6 Å². The molecule has 0 aliphatic heterocycles. The Bertz CT molecular complexity index is 1040. The van der Waals surface area contributed by atoms with Crippen LogP contribution in [0.3, 0.4) is 0 Å². The number of aromatic amines is 1. The number of anilines is 3. The van der Waals surface area contributed by atoms with Gasteiger partial charge < -0.3 is 10.6 Å². The fourth-order valence-corrected chi connectivity index (χ4v) is 3.02. The molecule has 4 rings (SSSR count). The second kappa shape index (κ2) is 7.44. The molecule has 0 saturated heterocycles. The zero-order valence-electron chi connectivity index (χ0n) is 15.0. The topological polar surface area (TPSA) is 102 Å². The van der Waals surface area contributed by atoms with Crippen molar-refractivity contribution in [2.24, 2.45) is 0 Å². The van der Waals surface area contributed by atoms with E-state index in [1.165, 1.54) is 18.9 Å². The standard InChI is InChI=1S/C19H17ClFN7/c1-10(15-5-4-13(21)9-23-15)24-18-12(8-22)6-14(20)19(26-18)25-17-7-16(27-28-17)11-2-3-11/h4-7,9-11H,2-3H2,1H3,(H3,24,25,26,27,28)/t10-/m0/s1. The van der Waals surface area contributed by atoms with E-state index < -0.39 is 5.82 Å². The third-order valence-corrected chi connectivity index (χ3v) is 4.79. The summed E-state index contributed by atoms with van der Waals surface area (Å²) >= 11 is 6.29. The lowest BCUT2D eigenvalue weighted by atomic mass is 10.2. The summed E-state index contributed by atoms with van der Waals surface area (Å²) in [5.41, 5.74) is 2.00. The highest BCUT2D eigenvalue weighted by Crippen LogP contribution is 2.40. The molecular formula is C19H17ClFN7. The zero-order chi connectivity index (χ0) is 19.7. The van der Waals surface area contributed by atoms with Gasteiger partial charge in [-0.15, -0.1) is 0 Å². The van der Waals surface area contributed by atoms with Crippen LogP contribution in [0.5, 0.6) is 0 Å². The lowest BCUT2D eigenvalue weighted by Crippen LogP contribution is -2.12. The summed E-state index contributed by atoms with van der Waals surface area (Å²) in [5, 5.41) is 23.2. The molecule has 3 aromatic rings. The Labute approximate surface area is 166 Å². The molecule has 0 spiro atoms. The summed E-state index contributed by atoms with van der Waals surface area (Å²) in [7, 11) is 0. The Balaban J connectivity index is 1.57. The van der Waals surface area contributed by atoms with Gasteiger partial charge in [0.1, 0.15) is 17.7 Å². The van der Waals surface area contributed by atoms with Gasteiger partial charge in [-0.3, -0.25) is 10.1 Å². The number of aromatic nitrogens is 4. The minimum Gasteiger partial charge on any atom is -0.361 e. The van der Waals surface area contributed by atoms with Gasteiger partial charge in [-0.05, 0) is 38.0 Å². The van der Waals surface area contributed by atoms with Crippen LogP contribution in [-0.4, -0.2) is 20.2 Å². The second-order valence-electron chi connectivity index (χ2n) is 6.70. The normalized spacial score (nSPS) is 14.4. The Morgan fingerprint density at radius 3 is 2.82 bits per heavy atom. The molecule has 28 heavy (non-hydrogen) atoms. The van der Waals surface area contributed by atoms with E-state index in [1.807, 2.05) is 13.0 Å². The van der Waals surface area contributed by atoms with Crippen molar-refractivity contribution in [3.63, 3.8) is 0 Å². The molecule has 1 atom stereocenters. The van der Waals surface area contributed by atoms with Crippen molar-refractivity contribution in [3.05, 3.63) is 58.3 Å². The first-order valence-corrected chi connectivity index (χ1v) is 9.22. The van der Waals surface area contributed by atoms with E-state index in [1.54, 1.807) is 12.1 Å². The molecule has 3 N–H and O–H groups in total. The Morgan fingerprint density at radius 1 is 1.32 bits per heavy atom. The van der Waals surface area contributed by atoms with E-state index in [0.717, 1.165) is 11.9 Å². The predicted molar refractivity (Wildman–Crippen MR) is 104 cm³/mol. The first-order chi connectivity index (χ1) is 13.5. The molecule has 0 radical (unpaired) electrons. The maximum atomic E-state index is 13.1. The van der Waals surface area contributed by atoms with E-state index in [0.29, 0.717) is 39.7 Å². The molecular weight excluding hydrogens is 381 g/mol. The van der Waals surface area contributed by atoms with Gasteiger partial charge in [0, 0.05) is 17.7 Å². The smallest absolute Gasteiger partial charge is 0.153 e. The summed E-state index contributed by atoms with van der Waals surface area (Å²) in [6.45, 7) is 1.85. The van der Waals surface area contributed by atoms with Crippen LogP contribution in [0.2, 0.25) is 5.02 Å². The molecule has 7 nitrogen and oxygen atoms in total. The number of pyridine rings is 2. The maximum absolute atomic E-state index is 13.1. The highest BCUT2D eigenvalue weighted by molar-refractivity contribution is 6.33. The average molecular weight is 398 g/mol. The van der Waals surface area contributed by atoms with Crippen LogP contribution in [0.1, 0.15) is 48.7 Å². The van der Waals surface area contributed by atoms with Gasteiger partial charge in [0.2, 0.25) is 0 Å². The lowest BCUT2D eigenvalue weighted by molar-refractivity contribution is 0.617. The maximum Gasteiger partial charge on any atom is 0.153 e.